The van der Waals surface area contributed by atoms with Gasteiger partial charge in [0.15, 0.2) is 0 Å². The normalized spacial score (nSPS) is 19.7. The fourth-order valence-electron chi connectivity index (χ4n) is 3.11. The fraction of sp³-hybridized carbons (Fsp3) is 0.786. The van der Waals surface area contributed by atoms with E-state index in [-0.39, 0.29) is 24.5 Å². The summed E-state index contributed by atoms with van der Waals surface area (Å²) >= 11 is 0. The molecule has 1 saturated heterocycles. The lowest BCUT2D eigenvalue weighted by atomic mass is 10.2. The Kier molecular flexibility index (Phi) is 5.03. The molecule has 0 unspecified atom stereocenters. The molecule has 1 heterocycles. The lowest BCUT2D eigenvalue weighted by Crippen LogP contribution is -2.56. The summed E-state index contributed by atoms with van der Waals surface area (Å²) in [4.78, 5) is 39.8. The van der Waals surface area contributed by atoms with E-state index < -0.39 is 5.97 Å². The molecule has 0 aromatic rings. The first-order valence-electron chi connectivity index (χ1n) is 7.52. The molecule has 7 nitrogen and oxygen atoms in total. The molecular formula is C14H23N3O4. The van der Waals surface area contributed by atoms with Gasteiger partial charge in [-0.05, 0) is 12.8 Å². The molecule has 0 spiro atoms. The molecule has 0 atom stereocenters. The van der Waals surface area contributed by atoms with E-state index in [0.717, 1.165) is 25.7 Å². The molecule has 0 aromatic carbocycles. The van der Waals surface area contributed by atoms with Crippen LogP contribution >= 0.6 is 0 Å². The van der Waals surface area contributed by atoms with E-state index in [1.165, 1.54) is 11.8 Å². The standard InChI is InChI=1S/C14H23N3O4/c1-11(18)15-6-8-16(9-7-15)14(21)17(10-13(19)20)12-4-2-3-5-12/h12H,2-10H2,1H3,(H,19,20). The number of carboxylic acids is 1. The molecule has 2 aliphatic rings. The summed E-state index contributed by atoms with van der Waals surface area (Å²) in [6, 6.07) is -0.160. The number of piperazine rings is 1. The lowest BCUT2D eigenvalue weighted by Gasteiger charge is -2.38. The van der Waals surface area contributed by atoms with E-state index >= 15 is 0 Å². The molecule has 1 aliphatic carbocycles. The van der Waals surface area contributed by atoms with Gasteiger partial charge in [-0.25, -0.2) is 4.79 Å². The highest BCUT2D eigenvalue weighted by Crippen LogP contribution is 2.24. The Morgan fingerprint density at radius 3 is 2.05 bits per heavy atom. The van der Waals surface area contributed by atoms with E-state index in [9.17, 15) is 14.4 Å². The smallest absolute Gasteiger partial charge is 0.323 e. The molecule has 1 saturated carbocycles. The third-order valence-electron chi connectivity index (χ3n) is 4.31. The highest BCUT2D eigenvalue weighted by Gasteiger charge is 2.32. The first-order chi connectivity index (χ1) is 9.99. The lowest BCUT2D eigenvalue weighted by molar-refractivity contribution is -0.138. The van der Waals surface area contributed by atoms with Crippen molar-refractivity contribution in [1.82, 2.24) is 14.7 Å². The van der Waals surface area contributed by atoms with Crippen LogP contribution in [-0.2, 0) is 9.59 Å². The Bertz CT molecular complexity index is 412. The summed E-state index contributed by atoms with van der Waals surface area (Å²) in [7, 11) is 0. The summed E-state index contributed by atoms with van der Waals surface area (Å²) in [5, 5.41) is 9.04. The van der Waals surface area contributed by atoms with Gasteiger partial charge in [0.05, 0.1) is 0 Å². The van der Waals surface area contributed by atoms with Gasteiger partial charge in [0.2, 0.25) is 5.91 Å². The van der Waals surface area contributed by atoms with Crippen LogP contribution in [0.5, 0.6) is 0 Å². The van der Waals surface area contributed by atoms with Gasteiger partial charge in [0, 0.05) is 39.1 Å². The second-order valence-corrected chi connectivity index (χ2v) is 5.74. The number of nitrogens with zero attached hydrogens (tertiary/aromatic N) is 3. The minimum Gasteiger partial charge on any atom is -0.480 e. The van der Waals surface area contributed by atoms with Crippen molar-refractivity contribution >= 4 is 17.9 Å². The molecule has 1 aliphatic heterocycles. The molecule has 118 valence electrons. The predicted molar refractivity (Wildman–Crippen MR) is 75.8 cm³/mol. The Labute approximate surface area is 124 Å². The van der Waals surface area contributed by atoms with E-state index in [1.54, 1.807) is 9.80 Å². The van der Waals surface area contributed by atoms with Gasteiger partial charge in [0.1, 0.15) is 6.54 Å². The minimum atomic E-state index is -0.974. The second-order valence-electron chi connectivity index (χ2n) is 5.74. The van der Waals surface area contributed by atoms with Crippen LogP contribution in [0.1, 0.15) is 32.6 Å². The van der Waals surface area contributed by atoms with Crippen LogP contribution in [0.4, 0.5) is 4.79 Å². The van der Waals surface area contributed by atoms with Crippen molar-refractivity contribution in [3.05, 3.63) is 0 Å². The third kappa shape index (κ3) is 3.86. The van der Waals surface area contributed by atoms with Gasteiger partial charge in [-0.3, -0.25) is 9.59 Å². The van der Waals surface area contributed by atoms with Crippen molar-refractivity contribution < 1.29 is 19.5 Å². The van der Waals surface area contributed by atoms with Crippen molar-refractivity contribution in [2.24, 2.45) is 0 Å². The monoisotopic (exact) mass is 297 g/mol. The van der Waals surface area contributed by atoms with Crippen molar-refractivity contribution in [3.8, 4) is 0 Å². The second kappa shape index (κ2) is 6.78. The maximum absolute atomic E-state index is 12.6. The molecule has 0 aromatic heterocycles. The summed E-state index contributed by atoms with van der Waals surface area (Å²) in [6.45, 7) is 3.27. The highest BCUT2D eigenvalue weighted by atomic mass is 16.4. The maximum Gasteiger partial charge on any atom is 0.323 e. The van der Waals surface area contributed by atoms with E-state index in [4.69, 9.17) is 5.11 Å². The van der Waals surface area contributed by atoms with Crippen LogP contribution in [0.2, 0.25) is 0 Å². The third-order valence-corrected chi connectivity index (χ3v) is 4.31. The first kappa shape index (κ1) is 15.6. The number of rotatable bonds is 3. The molecule has 0 radical (unpaired) electrons. The van der Waals surface area contributed by atoms with Crippen molar-refractivity contribution in [3.63, 3.8) is 0 Å². The van der Waals surface area contributed by atoms with Crippen molar-refractivity contribution in [2.75, 3.05) is 32.7 Å². The molecule has 2 rings (SSSR count). The summed E-state index contributed by atoms with van der Waals surface area (Å²) < 4.78 is 0. The number of hydrogen-bond acceptors (Lipinski definition) is 3. The van der Waals surface area contributed by atoms with Gasteiger partial charge < -0.3 is 19.8 Å². The zero-order valence-electron chi connectivity index (χ0n) is 12.5. The number of aliphatic carboxylic acids is 1. The average molecular weight is 297 g/mol. The van der Waals surface area contributed by atoms with Gasteiger partial charge in [-0.15, -0.1) is 0 Å². The number of carbonyl (C=O) groups excluding carboxylic acids is 2. The Hall–Kier alpha value is -1.79. The molecule has 2 fully saturated rings. The maximum atomic E-state index is 12.6. The van der Waals surface area contributed by atoms with Crippen LogP contribution in [0, 0.1) is 0 Å². The van der Waals surface area contributed by atoms with Gasteiger partial charge in [0.25, 0.3) is 0 Å². The Morgan fingerprint density at radius 1 is 1.05 bits per heavy atom. The number of carbonyl (C=O) groups is 3. The van der Waals surface area contributed by atoms with Crippen molar-refractivity contribution in [2.45, 2.75) is 38.6 Å². The Morgan fingerprint density at radius 2 is 1.57 bits per heavy atom. The topological polar surface area (TPSA) is 81.2 Å². The first-order valence-corrected chi connectivity index (χ1v) is 7.52. The van der Waals surface area contributed by atoms with Gasteiger partial charge in [-0.1, -0.05) is 12.8 Å². The fourth-order valence-corrected chi connectivity index (χ4v) is 3.11. The number of urea groups is 1. The summed E-state index contributed by atoms with van der Waals surface area (Å²) in [5.41, 5.74) is 0. The average Bonchev–Trinajstić information content (AvgIpc) is 2.98. The quantitative estimate of drug-likeness (QED) is 0.827. The van der Waals surface area contributed by atoms with Gasteiger partial charge in [-0.2, -0.15) is 0 Å². The zero-order chi connectivity index (χ0) is 15.4. The van der Waals surface area contributed by atoms with Gasteiger partial charge >= 0.3 is 12.0 Å². The van der Waals surface area contributed by atoms with E-state index in [2.05, 4.69) is 0 Å². The molecule has 1 N–H and O–H groups in total. The van der Waals surface area contributed by atoms with Crippen LogP contribution in [0.3, 0.4) is 0 Å². The largest absolute Gasteiger partial charge is 0.480 e. The molecular weight excluding hydrogens is 274 g/mol. The number of hydrogen-bond donors (Lipinski definition) is 1. The van der Waals surface area contributed by atoms with Crippen LogP contribution in [0.25, 0.3) is 0 Å². The van der Waals surface area contributed by atoms with Crippen LogP contribution in [0.15, 0.2) is 0 Å². The SMILES string of the molecule is CC(=O)N1CCN(C(=O)N(CC(=O)O)C2CCCC2)CC1. The Balaban J connectivity index is 1.98. The molecule has 3 amide bonds. The van der Waals surface area contributed by atoms with Crippen LogP contribution in [-0.4, -0.2) is 76.5 Å². The van der Waals surface area contributed by atoms with E-state index in [1.807, 2.05) is 0 Å². The number of carboxylic acid groups (broad SMARTS) is 1. The zero-order valence-corrected chi connectivity index (χ0v) is 12.5. The minimum absolute atomic E-state index is 0.0142. The number of amides is 3. The summed E-state index contributed by atoms with van der Waals surface area (Å²) in [6.07, 6.45) is 3.86. The molecule has 7 heteroatoms. The summed E-state index contributed by atoms with van der Waals surface area (Å²) in [5.74, 6) is -0.960. The van der Waals surface area contributed by atoms with Crippen molar-refractivity contribution in [1.29, 1.82) is 0 Å². The molecule has 0 bridgehead atoms. The molecule has 21 heavy (non-hydrogen) atoms. The highest BCUT2D eigenvalue weighted by molar-refractivity contribution is 5.81. The van der Waals surface area contributed by atoms with E-state index in [0.29, 0.717) is 26.2 Å². The predicted octanol–water partition coefficient (Wildman–Crippen LogP) is 0.600. The van der Waals surface area contributed by atoms with Crippen LogP contribution < -0.4 is 0 Å².